The molecule has 9 nitrogen and oxygen atoms in total. The van der Waals surface area contributed by atoms with Crippen molar-refractivity contribution in [2.24, 2.45) is 0 Å². The summed E-state index contributed by atoms with van der Waals surface area (Å²) in [6, 6.07) is 13.1. The summed E-state index contributed by atoms with van der Waals surface area (Å²) >= 11 is 0. The molecule has 1 fully saturated rings. The highest BCUT2D eigenvalue weighted by Crippen LogP contribution is 2.27. The highest BCUT2D eigenvalue weighted by molar-refractivity contribution is 6.09. The van der Waals surface area contributed by atoms with Crippen molar-refractivity contribution in [3.05, 3.63) is 59.7 Å². The van der Waals surface area contributed by atoms with Gasteiger partial charge in [0.1, 0.15) is 11.1 Å². The van der Waals surface area contributed by atoms with Crippen LogP contribution >= 0.6 is 0 Å². The molecule has 4 rings (SSSR count). The summed E-state index contributed by atoms with van der Waals surface area (Å²) < 4.78 is 1.71. The first-order chi connectivity index (χ1) is 13.4. The van der Waals surface area contributed by atoms with Gasteiger partial charge in [0.2, 0.25) is 0 Å². The van der Waals surface area contributed by atoms with Crippen LogP contribution in [0.2, 0.25) is 0 Å². The monoisotopic (exact) mass is 378 g/mol. The van der Waals surface area contributed by atoms with Gasteiger partial charge in [-0.1, -0.05) is 35.5 Å². The third kappa shape index (κ3) is 2.68. The molecule has 1 aliphatic heterocycles. The molecule has 9 heteroatoms. The number of hydrogen-bond donors (Lipinski definition) is 2. The Morgan fingerprint density at radius 1 is 1.18 bits per heavy atom. The van der Waals surface area contributed by atoms with Crippen molar-refractivity contribution >= 4 is 28.9 Å². The Morgan fingerprint density at radius 2 is 1.93 bits per heavy atom. The van der Waals surface area contributed by atoms with E-state index in [-0.39, 0.29) is 5.56 Å². The lowest BCUT2D eigenvalue weighted by Crippen LogP contribution is -2.47. The number of nitrogens with zero attached hydrogens (tertiary/aromatic N) is 4. The van der Waals surface area contributed by atoms with Gasteiger partial charge < -0.3 is 5.32 Å². The third-order valence-electron chi connectivity index (χ3n) is 4.83. The summed E-state index contributed by atoms with van der Waals surface area (Å²) in [5.41, 5.74) is 3.38. The van der Waals surface area contributed by atoms with E-state index in [2.05, 4.69) is 21.1 Å². The van der Waals surface area contributed by atoms with Crippen LogP contribution in [0.3, 0.4) is 0 Å². The number of carbonyl (C=O) groups excluding carboxylic acids is 3. The molecule has 2 aromatic carbocycles. The Hall–Kier alpha value is -3.75. The first kappa shape index (κ1) is 17.7. The maximum absolute atomic E-state index is 12.9. The van der Waals surface area contributed by atoms with Gasteiger partial charge in [-0.05, 0) is 37.6 Å². The number of amides is 4. The molecule has 0 unspecified atom stereocenters. The Labute approximate surface area is 160 Å². The normalized spacial score (nSPS) is 19.1. The van der Waals surface area contributed by atoms with E-state index in [1.165, 1.54) is 0 Å². The van der Waals surface area contributed by atoms with Crippen molar-refractivity contribution < 1.29 is 14.4 Å². The van der Waals surface area contributed by atoms with Gasteiger partial charge in [-0.3, -0.25) is 15.0 Å². The zero-order valence-electron chi connectivity index (χ0n) is 15.3. The van der Waals surface area contributed by atoms with Crippen LogP contribution in [0.25, 0.3) is 11.0 Å². The average molecular weight is 378 g/mol. The van der Waals surface area contributed by atoms with Crippen LogP contribution in [0.1, 0.15) is 29.8 Å². The fourth-order valence-electron chi connectivity index (χ4n) is 3.22. The Morgan fingerprint density at radius 3 is 2.64 bits per heavy atom. The third-order valence-corrected chi connectivity index (χ3v) is 4.83. The number of urea groups is 1. The Balaban J connectivity index is 1.58. The van der Waals surface area contributed by atoms with Crippen LogP contribution in [0.5, 0.6) is 0 Å². The lowest BCUT2D eigenvalue weighted by atomic mass is 9.92. The van der Waals surface area contributed by atoms with Crippen LogP contribution in [-0.4, -0.2) is 37.8 Å². The molecule has 0 radical (unpaired) electrons. The van der Waals surface area contributed by atoms with E-state index >= 15 is 0 Å². The fourth-order valence-corrected chi connectivity index (χ4v) is 3.22. The number of nitrogens with one attached hydrogen (secondary N) is 2. The molecule has 0 saturated carbocycles. The minimum Gasteiger partial charge on any atom is -0.318 e. The van der Waals surface area contributed by atoms with Gasteiger partial charge in [0, 0.05) is 12.1 Å². The van der Waals surface area contributed by atoms with Crippen LogP contribution in [0.4, 0.5) is 4.79 Å². The van der Waals surface area contributed by atoms with Gasteiger partial charge in [0.05, 0.1) is 5.52 Å². The molecule has 0 aliphatic carbocycles. The second-order valence-electron chi connectivity index (χ2n) is 6.61. The van der Waals surface area contributed by atoms with Gasteiger partial charge >= 0.3 is 6.03 Å². The molecule has 1 atom stereocenters. The molecular weight excluding hydrogens is 360 g/mol. The van der Waals surface area contributed by atoms with Crippen LogP contribution < -0.4 is 10.7 Å². The average Bonchev–Trinajstić information content (AvgIpc) is 3.22. The number of rotatable bonds is 4. The molecule has 142 valence electrons. The predicted molar refractivity (Wildman–Crippen MR) is 99.8 cm³/mol. The van der Waals surface area contributed by atoms with Crippen molar-refractivity contribution in [3.63, 3.8) is 0 Å². The lowest BCUT2D eigenvalue weighted by Gasteiger charge is -2.22. The van der Waals surface area contributed by atoms with Gasteiger partial charge in [-0.2, -0.15) is 5.01 Å². The molecular formula is C19H18N6O3. The number of hydrogen-bond acceptors (Lipinski definition) is 5. The number of aromatic nitrogens is 3. The second-order valence-corrected chi connectivity index (χ2v) is 6.61. The topological polar surface area (TPSA) is 109 Å². The molecule has 1 saturated heterocycles. The van der Waals surface area contributed by atoms with Gasteiger partial charge in [0.25, 0.3) is 11.8 Å². The fraction of sp³-hybridized carbons (Fsp3) is 0.211. The smallest absolute Gasteiger partial charge is 0.318 e. The summed E-state index contributed by atoms with van der Waals surface area (Å²) in [7, 11) is 0. The van der Waals surface area contributed by atoms with E-state index in [4.69, 9.17) is 0 Å². The van der Waals surface area contributed by atoms with E-state index in [1.54, 1.807) is 54.1 Å². The highest BCUT2D eigenvalue weighted by atomic mass is 16.2. The zero-order valence-corrected chi connectivity index (χ0v) is 15.3. The van der Waals surface area contributed by atoms with E-state index < -0.39 is 23.4 Å². The Kier molecular flexibility index (Phi) is 4.07. The Bertz CT molecular complexity index is 1090. The van der Waals surface area contributed by atoms with E-state index in [9.17, 15) is 14.4 Å². The van der Waals surface area contributed by atoms with Gasteiger partial charge in [-0.15, -0.1) is 5.10 Å². The van der Waals surface area contributed by atoms with E-state index in [0.717, 1.165) is 5.52 Å². The predicted octanol–water partition coefficient (Wildman–Crippen LogP) is 1.56. The van der Waals surface area contributed by atoms with Crippen molar-refractivity contribution in [1.29, 1.82) is 0 Å². The lowest BCUT2D eigenvalue weighted by molar-refractivity contribution is -0.132. The molecule has 2 N–H and O–H groups in total. The number of hydrazine groups is 1. The summed E-state index contributed by atoms with van der Waals surface area (Å²) in [5, 5.41) is 11.4. The largest absolute Gasteiger partial charge is 0.344 e. The van der Waals surface area contributed by atoms with Crippen molar-refractivity contribution in [3.8, 4) is 0 Å². The number of carbonyl (C=O) groups is 3. The molecule has 0 bridgehead atoms. The minimum absolute atomic E-state index is 0.268. The quantitative estimate of drug-likeness (QED) is 0.670. The summed E-state index contributed by atoms with van der Waals surface area (Å²) in [5.74, 6) is -1.15. The van der Waals surface area contributed by atoms with Crippen LogP contribution in [-0.2, 0) is 16.9 Å². The standard InChI is InChI=1S/C19H18N6O3/c1-3-24-15-10-9-12(11-14(15)21-23-24)16(26)22-25-17(27)19(2,20-18(25)28)13-7-5-4-6-8-13/h4-11H,3H2,1-2H3,(H,20,28)(H,22,26)/t19-/m1/s1. The van der Waals surface area contributed by atoms with Crippen molar-refractivity contribution in [1.82, 2.24) is 30.7 Å². The second kappa shape index (κ2) is 6.45. The SMILES string of the molecule is CCn1nnc2cc(C(=O)NN3C(=O)N[C@](C)(c4ccccc4)C3=O)ccc21. The maximum Gasteiger partial charge on any atom is 0.344 e. The first-order valence-electron chi connectivity index (χ1n) is 8.80. The molecule has 0 spiro atoms. The summed E-state index contributed by atoms with van der Waals surface area (Å²) in [6.45, 7) is 4.20. The molecule has 1 aromatic heterocycles. The van der Waals surface area contributed by atoms with Gasteiger partial charge in [0.15, 0.2) is 0 Å². The zero-order chi connectivity index (χ0) is 19.9. The summed E-state index contributed by atoms with van der Waals surface area (Å²) in [6.07, 6.45) is 0. The van der Waals surface area contributed by atoms with E-state index in [1.807, 2.05) is 13.0 Å². The molecule has 4 amide bonds. The number of aryl methyl sites for hydroxylation is 1. The molecule has 2 heterocycles. The number of benzene rings is 2. The minimum atomic E-state index is -1.25. The highest BCUT2D eigenvalue weighted by Gasteiger charge is 2.50. The van der Waals surface area contributed by atoms with Crippen LogP contribution in [0.15, 0.2) is 48.5 Å². The van der Waals surface area contributed by atoms with Crippen molar-refractivity contribution in [2.45, 2.75) is 25.9 Å². The molecule has 28 heavy (non-hydrogen) atoms. The first-order valence-corrected chi connectivity index (χ1v) is 8.80. The summed E-state index contributed by atoms with van der Waals surface area (Å²) in [4.78, 5) is 37.8. The molecule has 1 aliphatic rings. The van der Waals surface area contributed by atoms with Crippen LogP contribution in [0, 0.1) is 0 Å². The number of fused-ring (bicyclic) bond motifs is 1. The van der Waals surface area contributed by atoms with Crippen molar-refractivity contribution in [2.75, 3.05) is 0 Å². The maximum atomic E-state index is 12.9. The molecule has 3 aromatic rings. The number of imide groups is 1. The van der Waals surface area contributed by atoms with Gasteiger partial charge in [-0.25, -0.2) is 9.48 Å². The van der Waals surface area contributed by atoms with E-state index in [0.29, 0.717) is 22.6 Å².